The van der Waals surface area contributed by atoms with E-state index in [1.54, 1.807) is 28.8 Å². The summed E-state index contributed by atoms with van der Waals surface area (Å²) in [4.78, 5) is 13.1. The molecule has 0 amide bonds. The van der Waals surface area contributed by atoms with Crippen LogP contribution >= 0.6 is 23.2 Å². The molecule has 0 aliphatic rings. The van der Waals surface area contributed by atoms with Crippen LogP contribution in [0.4, 0.5) is 11.9 Å². The second-order valence-electron chi connectivity index (χ2n) is 5.39. The van der Waals surface area contributed by atoms with Crippen LogP contribution < -0.4 is 11.5 Å². The Balaban J connectivity index is 2.00. The zero-order valence-corrected chi connectivity index (χ0v) is 14.3. The molecule has 0 atom stereocenters. The van der Waals surface area contributed by atoms with Crippen LogP contribution in [0.15, 0.2) is 48.5 Å². The molecule has 2 aromatic carbocycles. The summed E-state index contributed by atoms with van der Waals surface area (Å²) in [5, 5.41) is 1.26. The summed E-state index contributed by atoms with van der Waals surface area (Å²) in [6, 6.07) is 14.5. The number of hydrogen-bond acceptors (Lipinski definition) is 5. The molecule has 2 heterocycles. The Morgan fingerprint density at radius 2 is 1.36 bits per heavy atom. The normalized spacial score (nSPS) is 11.1. The Bertz CT molecular complexity index is 1070. The van der Waals surface area contributed by atoms with Gasteiger partial charge in [0.2, 0.25) is 11.9 Å². The van der Waals surface area contributed by atoms with Gasteiger partial charge in [0.15, 0.2) is 5.65 Å². The first-order valence-corrected chi connectivity index (χ1v) is 8.12. The van der Waals surface area contributed by atoms with Crippen LogP contribution in [0.2, 0.25) is 10.0 Å². The number of rotatable bonds is 2. The SMILES string of the molecule is Nc1nc(-c2ccc(Cl)cc2)c2nc(N)n(-c3ccc(Cl)cc3)c2n1. The monoisotopic (exact) mass is 370 g/mol. The smallest absolute Gasteiger partial charge is 0.222 e. The molecule has 4 rings (SSSR count). The largest absolute Gasteiger partial charge is 0.369 e. The number of aromatic nitrogens is 4. The molecule has 0 radical (unpaired) electrons. The van der Waals surface area contributed by atoms with Gasteiger partial charge in [-0.25, -0.2) is 9.97 Å². The Hall–Kier alpha value is -2.83. The first-order valence-electron chi connectivity index (χ1n) is 7.36. The zero-order valence-electron chi connectivity index (χ0n) is 12.8. The lowest BCUT2D eigenvalue weighted by molar-refractivity contribution is 1.08. The third-order valence-corrected chi connectivity index (χ3v) is 4.26. The first kappa shape index (κ1) is 15.7. The minimum absolute atomic E-state index is 0.132. The van der Waals surface area contributed by atoms with Crippen molar-refractivity contribution in [1.29, 1.82) is 0 Å². The van der Waals surface area contributed by atoms with Crippen molar-refractivity contribution >= 4 is 46.3 Å². The standard InChI is InChI=1S/C17H12Cl2N6/c18-10-3-1-9(2-4-10)13-14-15(24-16(20)22-13)25(17(21)23-14)12-7-5-11(19)6-8-12/h1-8H,(H2,21,23)(H2,20,22,24). The average molecular weight is 371 g/mol. The van der Waals surface area contributed by atoms with E-state index in [4.69, 9.17) is 34.7 Å². The van der Waals surface area contributed by atoms with Crippen LogP contribution in [0.5, 0.6) is 0 Å². The van der Waals surface area contributed by atoms with Crippen molar-refractivity contribution in [2.45, 2.75) is 0 Å². The van der Waals surface area contributed by atoms with E-state index >= 15 is 0 Å². The predicted molar refractivity (Wildman–Crippen MR) is 101 cm³/mol. The zero-order chi connectivity index (χ0) is 17.6. The maximum atomic E-state index is 6.13. The number of halogens is 2. The van der Waals surface area contributed by atoms with Gasteiger partial charge in [-0.1, -0.05) is 35.3 Å². The molecule has 0 bridgehead atoms. The summed E-state index contributed by atoms with van der Waals surface area (Å²) in [5.41, 5.74) is 15.3. The Labute approximate surface area is 153 Å². The average Bonchev–Trinajstić information content (AvgIpc) is 2.92. The van der Waals surface area contributed by atoms with Gasteiger partial charge >= 0.3 is 0 Å². The van der Waals surface area contributed by atoms with Crippen molar-refractivity contribution < 1.29 is 0 Å². The quantitative estimate of drug-likeness (QED) is 0.556. The predicted octanol–water partition coefficient (Wildman–Crippen LogP) is 3.95. The van der Waals surface area contributed by atoms with Crippen LogP contribution in [0, 0.1) is 0 Å². The second kappa shape index (κ2) is 5.91. The molecule has 0 aliphatic heterocycles. The third-order valence-electron chi connectivity index (χ3n) is 3.75. The van der Waals surface area contributed by atoms with Crippen molar-refractivity contribution in [2.75, 3.05) is 11.5 Å². The Kier molecular flexibility index (Phi) is 3.71. The first-order chi connectivity index (χ1) is 12.0. The molecule has 25 heavy (non-hydrogen) atoms. The molecule has 0 saturated heterocycles. The summed E-state index contributed by atoms with van der Waals surface area (Å²) in [5.74, 6) is 0.417. The summed E-state index contributed by atoms with van der Waals surface area (Å²) in [6.45, 7) is 0. The fourth-order valence-electron chi connectivity index (χ4n) is 2.65. The van der Waals surface area contributed by atoms with Crippen molar-refractivity contribution in [3.63, 3.8) is 0 Å². The Morgan fingerprint density at radius 1 is 0.760 bits per heavy atom. The maximum Gasteiger partial charge on any atom is 0.222 e. The van der Waals surface area contributed by atoms with Gasteiger partial charge < -0.3 is 11.5 Å². The van der Waals surface area contributed by atoms with E-state index in [1.807, 2.05) is 24.3 Å². The van der Waals surface area contributed by atoms with E-state index in [0.29, 0.717) is 26.9 Å². The van der Waals surface area contributed by atoms with Crippen LogP contribution in [-0.4, -0.2) is 19.5 Å². The lowest BCUT2D eigenvalue weighted by atomic mass is 10.1. The van der Waals surface area contributed by atoms with E-state index in [9.17, 15) is 0 Å². The number of benzene rings is 2. The van der Waals surface area contributed by atoms with Gasteiger partial charge in [-0.3, -0.25) is 4.57 Å². The van der Waals surface area contributed by atoms with Crippen LogP contribution in [-0.2, 0) is 0 Å². The molecule has 0 spiro atoms. The molecule has 0 saturated carbocycles. The number of nitrogen functional groups attached to an aromatic ring is 2. The molecule has 8 heteroatoms. The molecule has 124 valence electrons. The lowest BCUT2D eigenvalue weighted by Crippen LogP contribution is -2.03. The van der Waals surface area contributed by atoms with Gasteiger partial charge in [0, 0.05) is 15.6 Å². The van der Waals surface area contributed by atoms with Gasteiger partial charge in [-0.15, -0.1) is 0 Å². The highest BCUT2D eigenvalue weighted by Gasteiger charge is 2.18. The van der Waals surface area contributed by atoms with E-state index in [0.717, 1.165) is 11.3 Å². The number of nitrogens with zero attached hydrogens (tertiary/aromatic N) is 4. The molecular weight excluding hydrogens is 359 g/mol. The summed E-state index contributed by atoms with van der Waals surface area (Å²) in [6.07, 6.45) is 0. The highest BCUT2D eigenvalue weighted by molar-refractivity contribution is 6.30. The maximum absolute atomic E-state index is 6.13. The number of hydrogen-bond donors (Lipinski definition) is 2. The van der Waals surface area contributed by atoms with E-state index in [1.165, 1.54) is 0 Å². The van der Waals surface area contributed by atoms with Gasteiger partial charge in [0.05, 0.1) is 5.69 Å². The van der Waals surface area contributed by atoms with Gasteiger partial charge in [0.1, 0.15) is 11.2 Å². The lowest BCUT2D eigenvalue weighted by Gasteiger charge is -2.07. The number of imidazole rings is 1. The minimum Gasteiger partial charge on any atom is -0.369 e. The summed E-state index contributed by atoms with van der Waals surface area (Å²) in [7, 11) is 0. The summed E-state index contributed by atoms with van der Waals surface area (Å²) < 4.78 is 1.71. The van der Waals surface area contributed by atoms with Crippen LogP contribution in [0.1, 0.15) is 0 Å². The van der Waals surface area contributed by atoms with Gasteiger partial charge in [-0.2, -0.15) is 4.98 Å². The number of anilines is 2. The summed E-state index contributed by atoms with van der Waals surface area (Å²) >= 11 is 11.9. The van der Waals surface area contributed by atoms with Crippen molar-refractivity contribution in [3.05, 3.63) is 58.6 Å². The molecule has 0 unspecified atom stereocenters. The topological polar surface area (TPSA) is 95.6 Å². The Morgan fingerprint density at radius 3 is 2.00 bits per heavy atom. The molecule has 4 aromatic rings. The van der Waals surface area contributed by atoms with E-state index in [2.05, 4.69) is 15.0 Å². The fraction of sp³-hybridized carbons (Fsp3) is 0. The second-order valence-corrected chi connectivity index (χ2v) is 6.26. The van der Waals surface area contributed by atoms with Gasteiger partial charge in [-0.05, 0) is 36.4 Å². The van der Waals surface area contributed by atoms with Gasteiger partial charge in [0.25, 0.3) is 0 Å². The third kappa shape index (κ3) is 2.75. The van der Waals surface area contributed by atoms with Crippen molar-refractivity contribution in [3.8, 4) is 16.9 Å². The molecule has 6 nitrogen and oxygen atoms in total. The molecule has 4 N–H and O–H groups in total. The minimum atomic E-state index is 0.132. The highest BCUT2D eigenvalue weighted by atomic mass is 35.5. The molecule has 0 aliphatic carbocycles. The van der Waals surface area contributed by atoms with Crippen LogP contribution in [0.25, 0.3) is 28.1 Å². The molecule has 0 fully saturated rings. The highest BCUT2D eigenvalue weighted by Crippen LogP contribution is 2.30. The number of fused-ring (bicyclic) bond motifs is 1. The molecule has 2 aromatic heterocycles. The van der Waals surface area contributed by atoms with Crippen molar-refractivity contribution in [2.24, 2.45) is 0 Å². The molecular formula is C17H12Cl2N6. The number of nitrogens with two attached hydrogens (primary N) is 2. The van der Waals surface area contributed by atoms with Crippen molar-refractivity contribution in [1.82, 2.24) is 19.5 Å². The fourth-order valence-corrected chi connectivity index (χ4v) is 2.90. The van der Waals surface area contributed by atoms with E-state index in [-0.39, 0.29) is 11.9 Å². The van der Waals surface area contributed by atoms with Crippen LogP contribution in [0.3, 0.4) is 0 Å². The van der Waals surface area contributed by atoms with E-state index < -0.39 is 0 Å².